The third-order valence-corrected chi connectivity index (χ3v) is 2.90. The maximum absolute atomic E-state index is 5.96. The summed E-state index contributed by atoms with van der Waals surface area (Å²) in [5.74, 6) is 1.39. The largest absolute Gasteiger partial charge is 0.496 e. The third-order valence-electron chi connectivity index (χ3n) is 2.66. The van der Waals surface area contributed by atoms with Crippen LogP contribution >= 0.6 is 11.6 Å². The molecule has 1 atom stereocenters. The second-order valence-corrected chi connectivity index (χ2v) is 4.11. The topological polar surface area (TPSA) is 35.2 Å². The Labute approximate surface area is 96.4 Å². The van der Waals surface area contributed by atoms with Crippen LogP contribution < -0.4 is 10.5 Å². The Bertz CT molecular complexity index is 310. The van der Waals surface area contributed by atoms with Crippen molar-refractivity contribution in [2.75, 3.05) is 13.7 Å². The van der Waals surface area contributed by atoms with Gasteiger partial charge in [-0.1, -0.05) is 24.9 Å². The molecule has 0 spiro atoms. The molecular formula is C12H18ClNO. The molecule has 84 valence electrons. The van der Waals surface area contributed by atoms with Gasteiger partial charge in [0.05, 0.1) is 7.11 Å². The van der Waals surface area contributed by atoms with Crippen LogP contribution in [0.15, 0.2) is 18.2 Å². The Morgan fingerprint density at radius 1 is 1.47 bits per heavy atom. The van der Waals surface area contributed by atoms with Crippen LogP contribution in [-0.4, -0.2) is 13.7 Å². The lowest BCUT2D eigenvalue weighted by molar-refractivity contribution is 0.403. The molecule has 0 aliphatic rings. The summed E-state index contributed by atoms with van der Waals surface area (Å²) in [5.41, 5.74) is 6.83. The van der Waals surface area contributed by atoms with E-state index in [1.807, 2.05) is 18.2 Å². The van der Waals surface area contributed by atoms with Crippen LogP contribution in [-0.2, 0) is 6.42 Å². The Kier molecular flexibility index (Phi) is 4.92. The number of ether oxygens (including phenoxy) is 1. The van der Waals surface area contributed by atoms with E-state index in [0.29, 0.717) is 12.5 Å². The van der Waals surface area contributed by atoms with Gasteiger partial charge in [0.2, 0.25) is 0 Å². The number of benzene rings is 1. The van der Waals surface area contributed by atoms with Gasteiger partial charge in [0, 0.05) is 5.02 Å². The van der Waals surface area contributed by atoms with Crippen LogP contribution in [0.2, 0.25) is 5.02 Å². The van der Waals surface area contributed by atoms with E-state index < -0.39 is 0 Å². The van der Waals surface area contributed by atoms with Crippen molar-refractivity contribution in [1.82, 2.24) is 0 Å². The molecule has 0 aliphatic carbocycles. The summed E-state index contributed by atoms with van der Waals surface area (Å²) in [5, 5.41) is 0.748. The molecule has 0 aliphatic heterocycles. The molecule has 2 nitrogen and oxygen atoms in total. The van der Waals surface area contributed by atoms with Gasteiger partial charge in [-0.25, -0.2) is 0 Å². The average molecular weight is 228 g/mol. The fraction of sp³-hybridized carbons (Fsp3) is 0.500. The van der Waals surface area contributed by atoms with Crippen molar-refractivity contribution >= 4 is 11.6 Å². The summed E-state index contributed by atoms with van der Waals surface area (Å²) < 4.78 is 5.29. The molecule has 0 radical (unpaired) electrons. The number of nitrogens with two attached hydrogens (primary N) is 1. The van der Waals surface area contributed by atoms with Gasteiger partial charge in [-0.2, -0.15) is 0 Å². The highest BCUT2D eigenvalue weighted by Gasteiger charge is 2.10. The van der Waals surface area contributed by atoms with E-state index in [1.165, 1.54) is 0 Å². The first kappa shape index (κ1) is 12.3. The van der Waals surface area contributed by atoms with E-state index in [9.17, 15) is 0 Å². The Hall–Kier alpha value is -0.730. The summed E-state index contributed by atoms with van der Waals surface area (Å²) in [7, 11) is 1.68. The first-order chi connectivity index (χ1) is 7.21. The van der Waals surface area contributed by atoms with Gasteiger partial charge in [0.1, 0.15) is 5.75 Å². The number of halogens is 1. The lowest BCUT2D eigenvalue weighted by atomic mass is 9.96. The molecule has 0 heterocycles. The molecule has 15 heavy (non-hydrogen) atoms. The van der Waals surface area contributed by atoms with Crippen LogP contribution in [0.4, 0.5) is 0 Å². The lowest BCUT2D eigenvalue weighted by Gasteiger charge is -2.15. The fourth-order valence-electron chi connectivity index (χ4n) is 1.61. The van der Waals surface area contributed by atoms with Crippen molar-refractivity contribution in [1.29, 1.82) is 0 Å². The fourth-order valence-corrected chi connectivity index (χ4v) is 1.81. The first-order valence-electron chi connectivity index (χ1n) is 5.23. The third kappa shape index (κ3) is 3.40. The van der Waals surface area contributed by atoms with Crippen molar-refractivity contribution in [2.24, 2.45) is 11.7 Å². The molecule has 0 amide bonds. The second-order valence-electron chi connectivity index (χ2n) is 3.67. The summed E-state index contributed by atoms with van der Waals surface area (Å²) in [6.07, 6.45) is 2.00. The second kappa shape index (κ2) is 5.99. The number of methoxy groups -OCH3 is 1. The quantitative estimate of drug-likeness (QED) is 0.840. The summed E-state index contributed by atoms with van der Waals surface area (Å²) >= 11 is 5.96. The highest BCUT2D eigenvalue weighted by atomic mass is 35.5. The molecule has 1 aromatic rings. The lowest BCUT2D eigenvalue weighted by Crippen LogP contribution is -2.16. The van der Waals surface area contributed by atoms with Gasteiger partial charge in [-0.15, -0.1) is 0 Å². The zero-order valence-electron chi connectivity index (χ0n) is 9.29. The summed E-state index contributed by atoms with van der Waals surface area (Å²) in [6.45, 7) is 2.85. The maximum Gasteiger partial charge on any atom is 0.122 e. The summed E-state index contributed by atoms with van der Waals surface area (Å²) in [6, 6.07) is 5.70. The van der Waals surface area contributed by atoms with Crippen molar-refractivity contribution in [2.45, 2.75) is 19.8 Å². The van der Waals surface area contributed by atoms with Crippen LogP contribution in [0.25, 0.3) is 0 Å². The van der Waals surface area contributed by atoms with Gasteiger partial charge in [0.25, 0.3) is 0 Å². The normalized spacial score (nSPS) is 12.5. The Morgan fingerprint density at radius 3 is 2.73 bits per heavy atom. The van der Waals surface area contributed by atoms with E-state index in [0.717, 1.165) is 29.2 Å². The molecule has 0 bridgehead atoms. The van der Waals surface area contributed by atoms with Gasteiger partial charge >= 0.3 is 0 Å². The number of rotatable bonds is 5. The van der Waals surface area contributed by atoms with Crippen molar-refractivity contribution < 1.29 is 4.74 Å². The average Bonchev–Trinajstić information content (AvgIpc) is 2.26. The van der Waals surface area contributed by atoms with E-state index >= 15 is 0 Å². The molecule has 3 heteroatoms. The highest BCUT2D eigenvalue weighted by molar-refractivity contribution is 6.30. The zero-order chi connectivity index (χ0) is 11.3. The van der Waals surface area contributed by atoms with E-state index in [4.69, 9.17) is 22.1 Å². The Balaban J connectivity index is 2.86. The van der Waals surface area contributed by atoms with Crippen LogP contribution in [0.5, 0.6) is 5.75 Å². The standard InChI is InChI=1S/C12H18ClNO/c1-3-9(8-14)6-10-7-11(13)4-5-12(10)15-2/h4-5,7,9H,3,6,8,14H2,1-2H3. The SMILES string of the molecule is CCC(CN)Cc1cc(Cl)ccc1OC. The van der Waals surface area contributed by atoms with Gasteiger partial charge in [-0.3, -0.25) is 0 Å². The van der Waals surface area contributed by atoms with Crippen LogP contribution in [0.3, 0.4) is 0 Å². The predicted molar refractivity (Wildman–Crippen MR) is 64.5 cm³/mol. The summed E-state index contributed by atoms with van der Waals surface area (Å²) in [4.78, 5) is 0. The van der Waals surface area contributed by atoms with E-state index in [-0.39, 0.29) is 0 Å². The number of hydrogen-bond acceptors (Lipinski definition) is 2. The molecule has 1 unspecified atom stereocenters. The molecule has 1 rings (SSSR count). The molecule has 0 saturated carbocycles. The smallest absolute Gasteiger partial charge is 0.122 e. The number of hydrogen-bond donors (Lipinski definition) is 1. The Morgan fingerprint density at radius 2 is 2.20 bits per heavy atom. The van der Waals surface area contributed by atoms with Crippen molar-refractivity contribution in [3.63, 3.8) is 0 Å². The minimum atomic E-state index is 0.498. The minimum Gasteiger partial charge on any atom is -0.496 e. The van der Waals surface area contributed by atoms with Crippen molar-refractivity contribution in [3.05, 3.63) is 28.8 Å². The highest BCUT2D eigenvalue weighted by Crippen LogP contribution is 2.25. The molecule has 1 aromatic carbocycles. The van der Waals surface area contributed by atoms with Gasteiger partial charge < -0.3 is 10.5 Å². The zero-order valence-corrected chi connectivity index (χ0v) is 10.1. The minimum absolute atomic E-state index is 0.498. The van der Waals surface area contributed by atoms with Gasteiger partial charge in [-0.05, 0) is 42.6 Å². The molecule has 0 fully saturated rings. The molecular weight excluding hydrogens is 210 g/mol. The maximum atomic E-state index is 5.96. The predicted octanol–water partition coefficient (Wildman–Crippen LogP) is 2.88. The monoisotopic (exact) mass is 227 g/mol. The van der Waals surface area contributed by atoms with Gasteiger partial charge in [0.15, 0.2) is 0 Å². The first-order valence-corrected chi connectivity index (χ1v) is 5.61. The van der Waals surface area contributed by atoms with E-state index in [2.05, 4.69) is 6.92 Å². The van der Waals surface area contributed by atoms with Crippen LogP contribution in [0, 0.1) is 5.92 Å². The molecule has 0 aromatic heterocycles. The van der Waals surface area contributed by atoms with E-state index in [1.54, 1.807) is 7.11 Å². The molecule has 2 N–H and O–H groups in total. The molecule has 0 saturated heterocycles. The van der Waals surface area contributed by atoms with Crippen molar-refractivity contribution in [3.8, 4) is 5.75 Å². The van der Waals surface area contributed by atoms with Crippen LogP contribution in [0.1, 0.15) is 18.9 Å².